The molecule has 2 aromatic heterocycles. The summed E-state index contributed by atoms with van der Waals surface area (Å²) in [6.07, 6.45) is 7.08. The summed E-state index contributed by atoms with van der Waals surface area (Å²) < 4.78 is 5.35. The SMILES string of the molecule is C=C(c1cnc(C)c(OC)c1)N1CCN(c2cnccn2)CC1. The van der Waals surface area contributed by atoms with Crippen LogP contribution in [-0.4, -0.2) is 53.1 Å². The molecule has 0 spiro atoms. The van der Waals surface area contributed by atoms with E-state index in [0.717, 1.165) is 54.7 Å². The first-order valence-electron chi connectivity index (χ1n) is 7.65. The lowest BCUT2D eigenvalue weighted by Crippen LogP contribution is -2.45. The normalized spacial score (nSPS) is 14.7. The molecule has 3 heterocycles. The topological polar surface area (TPSA) is 54.4 Å². The third kappa shape index (κ3) is 3.26. The molecule has 1 aliphatic heterocycles. The fourth-order valence-corrected chi connectivity index (χ4v) is 2.72. The van der Waals surface area contributed by atoms with Gasteiger partial charge in [0.05, 0.1) is 19.0 Å². The van der Waals surface area contributed by atoms with Crippen molar-refractivity contribution in [3.63, 3.8) is 0 Å². The second-order valence-electron chi connectivity index (χ2n) is 5.50. The number of nitrogens with zero attached hydrogens (tertiary/aromatic N) is 5. The Kier molecular flexibility index (Phi) is 4.41. The highest BCUT2D eigenvalue weighted by atomic mass is 16.5. The molecule has 1 aliphatic rings. The maximum atomic E-state index is 5.35. The van der Waals surface area contributed by atoms with E-state index in [0.29, 0.717) is 0 Å². The second kappa shape index (κ2) is 6.64. The smallest absolute Gasteiger partial charge is 0.147 e. The standard InChI is InChI=1S/C17H21N5O/c1-13-16(23-3)10-15(11-20-13)14(2)21-6-8-22(9-7-21)17-12-18-4-5-19-17/h4-5,10-12H,2,6-9H2,1,3H3. The van der Waals surface area contributed by atoms with Crippen LogP contribution in [-0.2, 0) is 0 Å². The Morgan fingerprint density at radius 2 is 1.91 bits per heavy atom. The van der Waals surface area contributed by atoms with E-state index in [2.05, 4.69) is 31.3 Å². The molecule has 0 atom stereocenters. The van der Waals surface area contributed by atoms with Crippen molar-refractivity contribution in [3.8, 4) is 5.75 Å². The van der Waals surface area contributed by atoms with Gasteiger partial charge in [-0.2, -0.15) is 0 Å². The highest BCUT2D eigenvalue weighted by molar-refractivity contribution is 5.63. The fourth-order valence-electron chi connectivity index (χ4n) is 2.72. The third-order valence-corrected chi connectivity index (χ3v) is 4.13. The van der Waals surface area contributed by atoms with Crippen LogP contribution in [0.25, 0.3) is 5.70 Å². The van der Waals surface area contributed by atoms with E-state index >= 15 is 0 Å². The van der Waals surface area contributed by atoms with Gasteiger partial charge in [-0.15, -0.1) is 0 Å². The molecule has 1 saturated heterocycles. The average Bonchev–Trinajstić information content (AvgIpc) is 2.62. The van der Waals surface area contributed by atoms with Gasteiger partial charge in [-0.1, -0.05) is 6.58 Å². The van der Waals surface area contributed by atoms with Crippen molar-refractivity contribution >= 4 is 11.5 Å². The van der Waals surface area contributed by atoms with E-state index in [-0.39, 0.29) is 0 Å². The van der Waals surface area contributed by atoms with E-state index in [4.69, 9.17) is 4.74 Å². The van der Waals surface area contributed by atoms with Gasteiger partial charge in [0.25, 0.3) is 0 Å². The van der Waals surface area contributed by atoms with Crippen molar-refractivity contribution in [3.05, 3.63) is 48.7 Å². The number of rotatable bonds is 4. The van der Waals surface area contributed by atoms with Crippen LogP contribution >= 0.6 is 0 Å². The highest BCUT2D eigenvalue weighted by Gasteiger charge is 2.20. The van der Waals surface area contributed by atoms with Gasteiger partial charge in [0, 0.05) is 56.0 Å². The van der Waals surface area contributed by atoms with Crippen molar-refractivity contribution in [1.82, 2.24) is 19.9 Å². The van der Waals surface area contributed by atoms with E-state index in [1.165, 1.54) is 0 Å². The predicted molar refractivity (Wildman–Crippen MR) is 90.4 cm³/mol. The molecule has 0 amide bonds. The zero-order valence-corrected chi connectivity index (χ0v) is 13.6. The van der Waals surface area contributed by atoms with E-state index in [1.807, 2.05) is 19.2 Å². The molecule has 0 unspecified atom stereocenters. The van der Waals surface area contributed by atoms with Crippen molar-refractivity contribution in [2.75, 3.05) is 38.2 Å². The van der Waals surface area contributed by atoms with Gasteiger partial charge in [0.1, 0.15) is 11.6 Å². The minimum Gasteiger partial charge on any atom is -0.495 e. The number of aryl methyl sites for hydroxylation is 1. The first-order valence-corrected chi connectivity index (χ1v) is 7.65. The van der Waals surface area contributed by atoms with Crippen LogP contribution < -0.4 is 9.64 Å². The molecule has 23 heavy (non-hydrogen) atoms. The van der Waals surface area contributed by atoms with Crippen LogP contribution in [0.2, 0.25) is 0 Å². The number of anilines is 1. The summed E-state index contributed by atoms with van der Waals surface area (Å²) >= 11 is 0. The maximum Gasteiger partial charge on any atom is 0.147 e. The lowest BCUT2D eigenvalue weighted by atomic mass is 10.1. The molecule has 0 saturated carbocycles. The number of pyridine rings is 1. The van der Waals surface area contributed by atoms with Gasteiger partial charge in [-0.25, -0.2) is 4.98 Å². The quantitative estimate of drug-likeness (QED) is 0.860. The molecule has 0 N–H and O–H groups in total. The van der Waals surface area contributed by atoms with E-state index < -0.39 is 0 Å². The minimum atomic E-state index is 0.793. The summed E-state index contributed by atoms with van der Waals surface area (Å²) in [5.41, 5.74) is 2.87. The molecule has 2 aromatic rings. The van der Waals surface area contributed by atoms with E-state index in [1.54, 1.807) is 25.7 Å². The van der Waals surface area contributed by atoms with Crippen LogP contribution in [0.3, 0.4) is 0 Å². The molecule has 3 rings (SSSR count). The Hall–Kier alpha value is -2.63. The summed E-state index contributed by atoms with van der Waals surface area (Å²) in [6.45, 7) is 9.75. The summed E-state index contributed by atoms with van der Waals surface area (Å²) in [6, 6.07) is 2.00. The molecule has 1 fully saturated rings. The number of methoxy groups -OCH3 is 1. The molecule has 6 heteroatoms. The van der Waals surface area contributed by atoms with Gasteiger partial charge < -0.3 is 14.5 Å². The number of piperazine rings is 1. The second-order valence-corrected chi connectivity index (χ2v) is 5.50. The van der Waals surface area contributed by atoms with Crippen LogP contribution in [0.5, 0.6) is 5.75 Å². The zero-order valence-electron chi connectivity index (χ0n) is 13.6. The summed E-state index contributed by atoms with van der Waals surface area (Å²) in [5.74, 6) is 1.72. The number of ether oxygens (including phenoxy) is 1. The van der Waals surface area contributed by atoms with Crippen LogP contribution in [0.15, 0.2) is 37.4 Å². The van der Waals surface area contributed by atoms with Crippen molar-refractivity contribution in [1.29, 1.82) is 0 Å². The lowest BCUT2D eigenvalue weighted by molar-refractivity contribution is 0.366. The molecular weight excluding hydrogens is 290 g/mol. The molecule has 0 radical (unpaired) electrons. The predicted octanol–water partition coefficient (Wildman–Crippen LogP) is 1.98. The Balaban J connectivity index is 1.66. The summed E-state index contributed by atoms with van der Waals surface area (Å²) in [5, 5.41) is 0. The van der Waals surface area contributed by atoms with Crippen LogP contribution in [0.1, 0.15) is 11.3 Å². The molecular formula is C17H21N5O. The average molecular weight is 311 g/mol. The zero-order chi connectivity index (χ0) is 16.2. The lowest BCUT2D eigenvalue weighted by Gasteiger charge is -2.37. The highest BCUT2D eigenvalue weighted by Crippen LogP contribution is 2.24. The van der Waals surface area contributed by atoms with Gasteiger partial charge in [-0.3, -0.25) is 9.97 Å². The van der Waals surface area contributed by atoms with Crippen molar-refractivity contribution in [2.45, 2.75) is 6.92 Å². The Morgan fingerprint density at radius 3 is 2.57 bits per heavy atom. The Bertz CT molecular complexity index is 681. The molecule has 0 bridgehead atoms. The Morgan fingerprint density at radius 1 is 1.13 bits per heavy atom. The van der Waals surface area contributed by atoms with Crippen molar-refractivity contribution in [2.24, 2.45) is 0 Å². The number of hydrogen-bond acceptors (Lipinski definition) is 6. The van der Waals surface area contributed by atoms with Gasteiger partial charge >= 0.3 is 0 Å². The van der Waals surface area contributed by atoms with Crippen molar-refractivity contribution < 1.29 is 4.74 Å². The fraction of sp³-hybridized carbons (Fsp3) is 0.353. The van der Waals surface area contributed by atoms with Crippen LogP contribution in [0, 0.1) is 6.92 Å². The first-order chi connectivity index (χ1) is 11.2. The van der Waals surface area contributed by atoms with Crippen LogP contribution in [0.4, 0.5) is 5.82 Å². The molecule has 0 aliphatic carbocycles. The summed E-state index contributed by atoms with van der Waals surface area (Å²) in [4.78, 5) is 17.4. The molecule has 6 nitrogen and oxygen atoms in total. The molecule has 120 valence electrons. The first kappa shape index (κ1) is 15.3. The maximum absolute atomic E-state index is 5.35. The van der Waals surface area contributed by atoms with Gasteiger partial charge in [0.2, 0.25) is 0 Å². The van der Waals surface area contributed by atoms with Gasteiger partial charge in [0.15, 0.2) is 0 Å². The summed E-state index contributed by atoms with van der Waals surface area (Å²) in [7, 11) is 1.66. The monoisotopic (exact) mass is 311 g/mol. The third-order valence-electron chi connectivity index (χ3n) is 4.13. The largest absolute Gasteiger partial charge is 0.495 e. The Labute approximate surface area is 136 Å². The number of aromatic nitrogens is 3. The minimum absolute atomic E-state index is 0.793. The van der Waals surface area contributed by atoms with E-state index in [9.17, 15) is 0 Å². The van der Waals surface area contributed by atoms with Gasteiger partial charge in [-0.05, 0) is 13.0 Å². The molecule has 0 aromatic carbocycles. The number of hydrogen-bond donors (Lipinski definition) is 0.